The first-order chi connectivity index (χ1) is 11.6. The molecule has 0 aromatic carbocycles. The maximum atomic E-state index is 13.1. The third kappa shape index (κ3) is 4.11. The SMILES string of the molecule is CCN(C(=O)CC(C)C)[C@H](C)C(=O)c1c(C)c(C(=O)OC)n(C)c1C. The number of likely N-dealkylation sites (N-methyl/N-ethyl adjacent to an activating group) is 1. The summed E-state index contributed by atoms with van der Waals surface area (Å²) < 4.78 is 6.50. The summed E-state index contributed by atoms with van der Waals surface area (Å²) in [5.41, 5.74) is 2.15. The van der Waals surface area contributed by atoms with Gasteiger partial charge >= 0.3 is 5.97 Å². The molecule has 0 N–H and O–H groups in total. The van der Waals surface area contributed by atoms with Crippen LogP contribution in [0.3, 0.4) is 0 Å². The van der Waals surface area contributed by atoms with E-state index < -0.39 is 12.0 Å². The van der Waals surface area contributed by atoms with Crippen LogP contribution in [0.4, 0.5) is 0 Å². The predicted molar refractivity (Wildman–Crippen MR) is 96.9 cm³/mol. The Bertz CT molecular complexity index is 673. The average Bonchev–Trinajstić information content (AvgIpc) is 2.75. The minimum Gasteiger partial charge on any atom is -0.464 e. The van der Waals surface area contributed by atoms with E-state index in [0.29, 0.717) is 35.5 Å². The van der Waals surface area contributed by atoms with Crippen molar-refractivity contribution in [3.8, 4) is 0 Å². The molecule has 0 bridgehead atoms. The summed E-state index contributed by atoms with van der Waals surface area (Å²) in [7, 11) is 3.05. The van der Waals surface area contributed by atoms with E-state index in [1.54, 1.807) is 37.3 Å². The van der Waals surface area contributed by atoms with Crippen molar-refractivity contribution < 1.29 is 19.1 Å². The van der Waals surface area contributed by atoms with Gasteiger partial charge in [0.2, 0.25) is 5.91 Å². The lowest BCUT2D eigenvalue weighted by molar-refractivity contribution is -0.133. The second kappa shape index (κ2) is 8.32. The van der Waals surface area contributed by atoms with Gasteiger partial charge in [0.05, 0.1) is 13.2 Å². The molecule has 0 unspecified atom stereocenters. The zero-order chi connectivity index (χ0) is 19.5. The van der Waals surface area contributed by atoms with E-state index in [1.807, 2.05) is 20.8 Å². The largest absolute Gasteiger partial charge is 0.464 e. The van der Waals surface area contributed by atoms with Crippen molar-refractivity contribution in [2.75, 3.05) is 13.7 Å². The summed E-state index contributed by atoms with van der Waals surface area (Å²) in [6, 6.07) is -0.582. The molecule has 25 heavy (non-hydrogen) atoms. The van der Waals surface area contributed by atoms with Crippen LogP contribution in [0.1, 0.15) is 66.2 Å². The van der Waals surface area contributed by atoms with Crippen LogP contribution < -0.4 is 0 Å². The van der Waals surface area contributed by atoms with Crippen molar-refractivity contribution in [3.63, 3.8) is 0 Å². The molecular weight excluding hydrogens is 320 g/mol. The zero-order valence-electron chi connectivity index (χ0n) is 16.6. The molecule has 0 aliphatic rings. The Kier molecular flexibility index (Phi) is 6.96. The van der Waals surface area contributed by atoms with Gasteiger partial charge in [-0.2, -0.15) is 0 Å². The number of amides is 1. The summed E-state index contributed by atoms with van der Waals surface area (Å²) in [5.74, 6) is -0.425. The van der Waals surface area contributed by atoms with Crippen molar-refractivity contribution in [1.29, 1.82) is 0 Å². The van der Waals surface area contributed by atoms with Crippen LogP contribution in [-0.4, -0.2) is 46.8 Å². The Hall–Kier alpha value is -2.11. The predicted octanol–water partition coefficient (Wildman–Crippen LogP) is 2.89. The third-order valence-corrected chi connectivity index (χ3v) is 4.65. The lowest BCUT2D eigenvalue weighted by Gasteiger charge is -2.28. The number of ketones is 1. The Morgan fingerprint density at radius 3 is 2.16 bits per heavy atom. The van der Waals surface area contributed by atoms with E-state index in [4.69, 9.17) is 4.74 Å². The molecule has 1 aromatic heterocycles. The van der Waals surface area contributed by atoms with Crippen LogP contribution in [0, 0.1) is 19.8 Å². The number of rotatable bonds is 7. The zero-order valence-corrected chi connectivity index (χ0v) is 16.6. The van der Waals surface area contributed by atoms with Gasteiger partial charge in [-0.1, -0.05) is 13.8 Å². The molecule has 0 fully saturated rings. The van der Waals surface area contributed by atoms with Crippen LogP contribution in [0.5, 0.6) is 0 Å². The molecule has 0 aliphatic carbocycles. The van der Waals surface area contributed by atoms with E-state index in [-0.39, 0.29) is 17.6 Å². The summed E-state index contributed by atoms with van der Waals surface area (Å²) in [4.78, 5) is 39.2. The van der Waals surface area contributed by atoms with Crippen molar-refractivity contribution in [2.45, 2.75) is 54.0 Å². The topological polar surface area (TPSA) is 68.6 Å². The lowest BCUT2D eigenvalue weighted by atomic mass is 9.99. The molecule has 0 spiro atoms. The fourth-order valence-corrected chi connectivity index (χ4v) is 3.21. The molecule has 6 heteroatoms. The Morgan fingerprint density at radius 2 is 1.72 bits per heavy atom. The van der Waals surface area contributed by atoms with Gasteiger partial charge in [-0.25, -0.2) is 4.79 Å². The van der Waals surface area contributed by atoms with Crippen molar-refractivity contribution in [1.82, 2.24) is 9.47 Å². The first kappa shape index (κ1) is 20.9. The van der Waals surface area contributed by atoms with E-state index in [2.05, 4.69) is 0 Å². The highest BCUT2D eigenvalue weighted by atomic mass is 16.5. The number of ether oxygens (including phenoxy) is 1. The molecule has 1 atom stereocenters. The van der Waals surface area contributed by atoms with Crippen molar-refractivity contribution in [2.24, 2.45) is 13.0 Å². The molecule has 0 saturated carbocycles. The number of carbonyl (C=O) groups is 3. The minimum atomic E-state index is -0.582. The van der Waals surface area contributed by atoms with Gasteiger partial charge in [0.15, 0.2) is 5.78 Å². The van der Waals surface area contributed by atoms with Crippen LogP contribution in [-0.2, 0) is 16.6 Å². The maximum absolute atomic E-state index is 13.1. The normalized spacial score (nSPS) is 12.2. The highest BCUT2D eigenvalue weighted by molar-refractivity contribution is 6.06. The lowest BCUT2D eigenvalue weighted by Crippen LogP contribution is -2.43. The van der Waals surface area contributed by atoms with Crippen LogP contribution in [0.2, 0.25) is 0 Å². The molecule has 6 nitrogen and oxygen atoms in total. The standard InChI is InChI=1S/C19H30N2O4/c1-9-21(15(22)10-11(2)3)14(6)18(23)16-12(4)17(19(24)25-8)20(7)13(16)5/h11,14H,9-10H2,1-8H3/t14-/m1/s1. The van der Waals surface area contributed by atoms with E-state index in [1.165, 1.54) is 7.11 Å². The number of Topliss-reactive ketones (excluding diaryl/α,β-unsaturated/α-hetero) is 1. The molecule has 0 aliphatic heterocycles. The summed E-state index contributed by atoms with van der Waals surface area (Å²) in [6.45, 7) is 11.6. The van der Waals surface area contributed by atoms with Gasteiger partial charge in [0.1, 0.15) is 5.69 Å². The highest BCUT2D eigenvalue weighted by Gasteiger charge is 2.31. The molecular formula is C19H30N2O4. The molecule has 0 saturated heterocycles. The number of methoxy groups -OCH3 is 1. The number of hydrogen-bond acceptors (Lipinski definition) is 4. The summed E-state index contributed by atoms with van der Waals surface area (Å²) >= 11 is 0. The molecule has 140 valence electrons. The first-order valence-corrected chi connectivity index (χ1v) is 8.66. The Morgan fingerprint density at radius 1 is 1.16 bits per heavy atom. The van der Waals surface area contributed by atoms with Crippen molar-refractivity contribution >= 4 is 17.7 Å². The van der Waals surface area contributed by atoms with Gasteiger partial charge in [-0.15, -0.1) is 0 Å². The molecule has 1 rings (SSSR count). The minimum absolute atomic E-state index is 0.0298. The molecule has 1 heterocycles. The number of nitrogens with zero attached hydrogens (tertiary/aromatic N) is 2. The number of hydrogen-bond donors (Lipinski definition) is 0. The summed E-state index contributed by atoms with van der Waals surface area (Å²) in [5, 5.41) is 0. The second-order valence-corrected chi connectivity index (χ2v) is 6.80. The average molecular weight is 350 g/mol. The number of carbonyl (C=O) groups excluding carboxylic acids is 3. The third-order valence-electron chi connectivity index (χ3n) is 4.65. The maximum Gasteiger partial charge on any atom is 0.354 e. The Balaban J connectivity index is 3.26. The van der Waals surface area contributed by atoms with E-state index >= 15 is 0 Å². The van der Waals surface area contributed by atoms with Crippen LogP contribution in [0.25, 0.3) is 0 Å². The fraction of sp³-hybridized carbons (Fsp3) is 0.632. The first-order valence-electron chi connectivity index (χ1n) is 8.66. The Labute approximate surface area is 150 Å². The van der Waals surface area contributed by atoms with Crippen molar-refractivity contribution in [3.05, 3.63) is 22.5 Å². The monoisotopic (exact) mass is 350 g/mol. The summed E-state index contributed by atoms with van der Waals surface area (Å²) in [6.07, 6.45) is 0.408. The quantitative estimate of drug-likeness (QED) is 0.560. The molecule has 0 radical (unpaired) electrons. The van der Waals surface area contributed by atoms with Gasteiger partial charge < -0.3 is 14.2 Å². The van der Waals surface area contributed by atoms with Gasteiger partial charge in [0, 0.05) is 31.3 Å². The van der Waals surface area contributed by atoms with Crippen LogP contribution in [0.15, 0.2) is 0 Å². The van der Waals surface area contributed by atoms with E-state index in [9.17, 15) is 14.4 Å². The molecule has 1 aromatic rings. The molecule has 1 amide bonds. The van der Waals surface area contributed by atoms with Gasteiger partial charge in [0.25, 0.3) is 0 Å². The number of aromatic nitrogens is 1. The highest BCUT2D eigenvalue weighted by Crippen LogP contribution is 2.24. The fourth-order valence-electron chi connectivity index (χ4n) is 3.21. The smallest absolute Gasteiger partial charge is 0.354 e. The second-order valence-electron chi connectivity index (χ2n) is 6.80. The number of esters is 1. The van der Waals surface area contributed by atoms with Gasteiger partial charge in [-0.05, 0) is 39.2 Å². The van der Waals surface area contributed by atoms with Gasteiger partial charge in [-0.3, -0.25) is 9.59 Å². The van der Waals surface area contributed by atoms with E-state index in [0.717, 1.165) is 0 Å². The van der Waals surface area contributed by atoms with Crippen LogP contribution >= 0.6 is 0 Å².